The molecule has 170 valence electrons. The van der Waals surface area contributed by atoms with Gasteiger partial charge in [0, 0.05) is 0 Å². The molecule has 0 amide bonds. The largest absolute Gasteiger partial charge is 0.131 e. The Hall–Kier alpha value is 0.430. The Labute approximate surface area is 183 Å². The third kappa shape index (κ3) is 15.3. The van der Waals surface area contributed by atoms with Gasteiger partial charge in [-0.25, -0.2) is 0 Å². The highest BCUT2D eigenvalue weighted by Crippen LogP contribution is 2.43. The molecule has 0 nitrogen and oxygen atoms in total. The second-order valence-corrected chi connectivity index (χ2v) is 10.8. The Bertz CT molecular complexity index is 289. The van der Waals surface area contributed by atoms with Crippen LogP contribution >= 0.6 is 9.24 Å². The van der Waals surface area contributed by atoms with E-state index in [1.54, 1.807) is 0 Å². The first-order valence-corrected chi connectivity index (χ1v) is 14.0. The van der Waals surface area contributed by atoms with Gasteiger partial charge in [-0.1, -0.05) is 137 Å². The number of unbranched alkanes of at least 4 members (excludes halogenated alkanes) is 13. The smallest absolute Gasteiger partial charge is 0.0122 e. The quantitative estimate of drug-likeness (QED) is 0.122. The molecule has 2 atom stereocenters. The normalized spacial score (nSPS) is 13.2. The first-order chi connectivity index (χ1) is 13.6. The molecule has 0 radical (unpaired) electrons. The van der Waals surface area contributed by atoms with Crippen LogP contribution in [0.3, 0.4) is 0 Å². The van der Waals surface area contributed by atoms with Gasteiger partial charge in [0.25, 0.3) is 0 Å². The molecule has 0 rings (SSSR count). The van der Waals surface area contributed by atoms with Gasteiger partial charge in [-0.3, -0.25) is 0 Å². The summed E-state index contributed by atoms with van der Waals surface area (Å²) in [5.74, 6) is 0.942. The lowest BCUT2D eigenvalue weighted by Gasteiger charge is -2.39. The molecular formula is C27H57P. The fraction of sp³-hybridized carbons (Fsp3) is 1.00. The first kappa shape index (κ1) is 28.4. The average molecular weight is 413 g/mol. The number of rotatable bonds is 22. The molecule has 0 aliphatic heterocycles. The molecule has 0 aromatic rings. The fourth-order valence-electron chi connectivity index (χ4n) is 4.83. The zero-order chi connectivity index (χ0) is 20.9. The van der Waals surface area contributed by atoms with Crippen LogP contribution in [-0.4, -0.2) is 5.16 Å². The van der Waals surface area contributed by atoms with Crippen LogP contribution in [0.4, 0.5) is 0 Å². The third-order valence-electron chi connectivity index (χ3n) is 6.87. The van der Waals surface area contributed by atoms with Crippen molar-refractivity contribution in [3.63, 3.8) is 0 Å². The molecule has 0 aliphatic carbocycles. The Morgan fingerprint density at radius 3 is 1.25 bits per heavy atom. The van der Waals surface area contributed by atoms with Crippen LogP contribution in [0.2, 0.25) is 0 Å². The van der Waals surface area contributed by atoms with Gasteiger partial charge in [-0.2, -0.15) is 0 Å². The average Bonchev–Trinajstić information content (AvgIpc) is 2.69. The van der Waals surface area contributed by atoms with Crippen LogP contribution in [0.15, 0.2) is 0 Å². The van der Waals surface area contributed by atoms with E-state index in [1.165, 1.54) is 135 Å². The number of hydrogen-bond acceptors (Lipinski definition) is 0. The Kier molecular flexibility index (Phi) is 21.0. The van der Waals surface area contributed by atoms with Crippen molar-refractivity contribution in [3.05, 3.63) is 0 Å². The lowest BCUT2D eigenvalue weighted by Crippen LogP contribution is -2.32. The van der Waals surface area contributed by atoms with Gasteiger partial charge in [0.1, 0.15) is 0 Å². The molecule has 2 unspecified atom stereocenters. The van der Waals surface area contributed by atoms with E-state index in [9.17, 15) is 0 Å². The summed E-state index contributed by atoms with van der Waals surface area (Å²) in [7, 11) is 3.43. The molecule has 0 saturated heterocycles. The molecule has 1 heteroatoms. The fourth-order valence-corrected chi connectivity index (χ4v) is 5.57. The van der Waals surface area contributed by atoms with Crippen molar-refractivity contribution in [2.75, 3.05) is 0 Å². The van der Waals surface area contributed by atoms with Crippen LogP contribution in [0.5, 0.6) is 0 Å². The lowest BCUT2D eigenvalue weighted by molar-refractivity contribution is 0.271. The predicted molar refractivity (Wildman–Crippen MR) is 136 cm³/mol. The van der Waals surface area contributed by atoms with Crippen LogP contribution < -0.4 is 0 Å². The van der Waals surface area contributed by atoms with Gasteiger partial charge in [0.2, 0.25) is 0 Å². The second-order valence-electron chi connectivity index (χ2n) is 9.60. The molecular weight excluding hydrogens is 355 g/mol. The molecule has 0 saturated carbocycles. The van der Waals surface area contributed by atoms with E-state index in [1.807, 2.05) is 0 Å². The molecule has 0 spiro atoms. The SMILES string of the molecule is CCCCCCCCCCC(CCCCC)C(P)(CCCCC)CCCCC. The van der Waals surface area contributed by atoms with Crippen molar-refractivity contribution in [1.82, 2.24) is 0 Å². The summed E-state index contributed by atoms with van der Waals surface area (Å²) in [6, 6.07) is 0. The van der Waals surface area contributed by atoms with E-state index in [4.69, 9.17) is 0 Å². The highest BCUT2D eigenvalue weighted by molar-refractivity contribution is 7.19. The summed E-state index contributed by atoms with van der Waals surface area (Å²) in [6.45, 7) is 9.36. The van der Waals surface area contributed by atoms with Gasteiger partial charge < -0.3 is 0 Å². The molecule has 0 aromatic carbocycles. The molecule has 0 bridgehead atoms. The lowest BCUT2D eigenvalue weighted by atomic mass is 9.77. The Morgan fingerprint density at radius 1 is 0.464 bits per heavy atom. The molecule has 0 aliphatic rings. The van der Waals surface area contributed by atoms with E-state index in [0.717, 1.165) is 5.92 Å². The Balaban J connectivity index is 4.57. The van der Waals surface area contributed by atoms with Crippen molar-refractivity contribution < 1.29 is 0 Å². The summed E-state index contributed by atoms with van der Waals surface area (Å²) < 4.78 is 0. The molecule has 28 heavy (non-hydrogen) atoms. The van der Waals surface area contributed by atoms with Crippen molar-refractivity contribution >= 4 is 9.24 Å². The van der Waals surface area contributed by atoms with E-state index in [-0.39, 0.29) is 0 Å². The standard InChI is InChI=1S/C27H57P/c1-5-9-13-14-15-16-17-19-23-26(22-18-10-6-2)27(28,24-20-11-7-3)25-21-12-8-4/h26H,5-25,28H2,1-4H3. The van der Waals surface area contributed by atoms with Crippen molar-refractivity contribution in [2.24, 2.45) is 5.92 Å². The summed E-state index contributed by atoms with van der Waals surface area (Å²) in [6.07, 6.45) is 30.2. The maximum atomic E-state index is 3.43. The van der Waals surface area contributed by atoms with Gasteiger partial charge in [0.05, 0.1) is 0 Å². The van der Waals surface area contributed by atoms with Crippen molar-refractivity contribution in [3.8, 4) is 0 Å². The van der Waals surface area contributed by atoms with Crippen LogP contribution in [0.25, 0.3) is 0 Å². The zero-order valence-electron chi connectivity index (χ0n) is 20.5. The monoisotopic (exact) mass is 412 g/mol. The van der Waals surface area contributed by atoms with Crippen LogP contribution in [0, 0.1) is 5.92 Å². The summed E-state index contributed by atoms with van der Waals surface area (Å²) in [4.78, 5) is 0. The Morgan fingerprint density at radius 2 is 0.786 bits per heavy atom. The van der Waals surface area contributed by atoms with E-state index in [0.29, 0.717) is 5.16 Å². The number of hydrogen-bond donors (Lipinski definition) is 0. The summed E-state index contributed by atoms with van der Waals surface area (Å²) >= 11 is 0. The predicted octanol–water partition coefficient (Wildman–Crippen LogP) is 10.5. The van der Waals surface area contributed by atoms with Crippen molar-refractivity contribution in [1.29, 1.82) is 0 Å². The third-order valence-corrected chi connectivity index (χ3v) is 7.92. The topological polar surface area (TPSA) is 0 Å². The van der Waals surface area contributed by atoms with Crippen LogP contribution in [-0.2, 0) is 0 Å². The maximum Gasteiger partial charge on any atom is -0.0122 e. The van der Waals surface area contributed by atoms with Gasteiger partial charge in [0.15, 0.2) is 0 Å². The van der Waals surface area contributed by atoms with E-state index in [2.05, 4.69) is 36.9 Å². The van der Waals surface area contributed by atoms with E-state index < -0.39 is 0 Å². The highest BCUT2D eigenvalue weighted by Gasteiger charge is 2.32. The summed E-state index contributed by atoms with van der Waals surface area (Å²) in [5, 5.41) is 0.527. The molecule has 0 N–H and O–H groups in total. The maximum absolute atomic E-state index is 3.43. The van der Waals surface area contributed by atoms with Gasteiger partial charge in [-0.15, -0.1) is 9.24 Å². The summed E-state index contributed by atoms with van der Waals surface area (Å²) in [5.41, 5.74) is 0. The zero-order valence-corrected chi connectivity index (χ0v) is 21.7. The first-order valence-electron chi connectivity index (χ1n) is 13.4. The minimum absolute atomic E-state index is 0.527. The molecule has 0 fully saturated rings. The van der Waals surface area contributed by atoms with E-state index >= 15 is 0 Å². The second kappa shape index (κ2) is 20.7. The van der Waals surface area contributed by atoms with Gasteiger partial charge >= 0.3 is 0 Å². The molecule has 0 aromatic heterocycles. The molecule has 0 heterocycles. The minimum Gasteiger partial charge on any atom is -0.131 e. The van der Waals surface area contributed by atoms with Gasteiger partial charge in [-0.05, 0) is 36.8 Å². The van der Waals surface area contributed by atoms with Crippen molar-refractivity contribution in [2.45, 2.75) is 168 Å². The highest BCUT2D eigenvalue weighted by atomic mass is 31.0. The minimum atomic E-state index is 0.527. The van der Waals surface area contributed by atoms with Crippen LogP contribution in [0.1, 0.15) is 163 Å².